The molecule has 1 aliphatic rings. The van der Waals surface area contributed by atoms with Gasteiger partial charge in [0.2, 0.25) is 0 Å². The third-order valence-corrected chi connectivity index (χ3v) is 11.0. The van der Waals surface area contributed by atoms with Gasteiger partial charge >= 0.3 is 11.9 Å². The molecule has 0 aliphatic carbocycles. The molecule has 1 rings (SSSR count). The van der Waals surface area contributed by atoms with E-state index in [4.69, 9.17) is 18.9 Å². The second-order valence-corrected chi connectivity index (χ2v) is 16.2. The first-order valence-corrected chi connectivity index (χ1v) is 23.1. The second kappa shape index (κ2) is 37.0. The first-order valence-electron chi connectivity index (χ1n) is 23.1. The van der Waals surface area contributed by atoms with Crippen molar-refractivity contribution in [2.75, 3.05) is 19.8 Å². The van der Waals surface area contributed by atoms with E-state index in [1.165, 1.54) is 148 Å². The highest BCUT2D eigenvalue weighted by Crippen LogP contribution is 2.23. The number of ether oxygens (including phenoxy) is 4. The zero-order chi connectivity index (χ0) is 40.2. The van der Waals surface area contributed by atoms with Crippen molar-refractivity contribution in [2.45, 2.75) is 256 Å². The summed E-state index contributed by atoms with van der Waals surface area (Å²) in [6.07, 6.45) is 29.6. The Morgan fingerprint density at radius 3 is 1.24 bits per heavy atom. The van der Waals surface area contributed by atoms with Crippen LogP contribution in [0.25, 0.3) is 0 Å². The lowest BCUT2D eigenvalue weighted by Crippen LogP contribution is -2.59. The number of aliphatic hydroxyl groups is 4. The largest absolute Gasteiger partial charge is 0.462 e. The second-order valence-electron chi connectivity index (χ2n) is 16.2. The molecule has 0 aromatic heterocycles. The number of rotatable bonds is 39. The molecule has 10 heteroatoms. The van der Waals surface area contributed by atoms with E-state index in [1.54, 1.807) is 0 Å². The van der Waals surface area contributed by atoms with E-state index in [0.29, 0.717) is 6.42 Å². The Hall–Kier alpha value is -1.30. The molecule has 1 saturated heterocycles. The SMILES string of the molecule is CCCCCCCCCCCCCCCCCC(=O)OC[C@H](CO[C@@H]1O[C@@H](CO)[C@H](O)[C@H](O)[C@H]1O)OC(=O)CCCCCCCCCCCCCCCCC. The fraction of sp³-hybridized carbons (Fsp3) is 0.956. The lowest BCUT2D eigenvalue weighted by Gasteiger charge is -2.39. The van der Waals surface area contributed by atoms with Gasteiger partial charge in [0.15, 0.2) is 12.4 Å². The van der Waals surface area contributed by atoms with Gasteiger partial charge in [0.25, 0.3) is 0 Å². The highest BCUT2D eigenvalue weighted by Gasteiger charge is 2.44. The van der Waals surface area contributed by atoms with E-state index < -0.39 is 49.4 Å². The number of esters is 2. The zero-order valence-corrected chi connectivity index (χ0v) is 35.5. The molecule has 0 amide bonds. The molecule has 4 N–H and O–H groups in total. The molecule has 0 aromatic rings. The third kappa shape index (κ3) is 28.7. The van der Waals surface area contributed by atoms with Gasteiger partial charge < -0.3 is 39.4 Å². The van der Waals surface area contributed by atoms with Gasteiger partial charge in [-0.25, -0.2) is 0 Å². The normalized spacial score (nSPS) is 20.4. The molecule has 0 spiro atoms. The average Bonchev–Trinajstić information content (AvgIpc) is 3.18. The van der Waals surface area contributed by atoms with E-state index in [9.17, 15) is 30.0 Å². The van der Waals surface area contributed by atoms with Gasteiger partial charge in [0.1, 0.15) is 31.0 Å². The molecule has 0 radical (unpaired) electrons. The Morgan fingerprint density at radius 1 is 0.491 bits per heavy atom. The van der Waals surface area contributed by atoms with Gasteiger partial charge in [-0.1, -0.05) is 194 Å². The molecule has 326 valence electrons. The highest BCUT2D eigenvalue weighted by molar-refractivity contribution is 5.70. The first-order chi connectivity index (χ1) is 26.8. The van der Waals surface area contributed by atoms with E-state index >= 15 is 0 Å². The molecule has 6 atom stereocenters. The fourth-order valence-electron chi connectivity index (χ4n) is 7.31. The van der Waals surface area contributed by atoms with Gasteiger partial charge in [-0.2, -0.15) is 0 Å². The molecule has 10 nitrogen and oxygen atoms in total. The lowest BCUT2D eigenvalue weighted by atomic mass is 9.99. The van der Waals surface area contributed by atoms with Crippen molar-refractivity contribution in [1.82, 2.24) is 0 Å². The van der Waals surface area contributed by atoms with Crippen molar-refractivity contribution >= 4 is 11.9 Å². The van der Waals surface area contributed by atoms with Crippen LogP contribution in [0.5, 0.6) is 0 Å². The highest BCUT2D eigenvalue weighted by atomic mass is 16.7. The summed E-state index contributed by atoms with van der Waals surface area (Å²) in [5, 5.41) is 40.1. The van der Waals surface area contributed by atoms with Crippen LogP contribution in [0.2, 0.25) is 0 Å². The summed E-state index contributed by atoms with van der Waals surface area (Å²) >= 11 is 0. The maximum absolute atomic E-state index is 12.8. The smallest absolute Gasteiger partial charge is 0.306 e. The molecule has 1 heterocycles. The van der Waals surface area contributed by atoms with Crippen molar-refractivity contribution in [3.05, 3.63) is 0 Å². The predicted octanol–water partition coefficient (Wildman–Crippen LogP) is 9.78. The van der Waals surface area contributed by atoms with Gasteiger partial charge in [-0.05, 0) is 12.8 Å². The summed E-state index contributed by atoms with van der Waals surface area (Å²) < 4.78 is 22.2. The van der Waals surface area contributed by atoms with Crippen LogP contribution in [0.3, 0.4) is 0 Å². The van der Waals surface area contributed by atoms with Crippen molar-refractivity contribution in [3.63, 3.8) is 0 Å². The topological polar surface area (TPSA) is 152 Å². The van der Waals surface area contributed by atoms with Crippen molar-refractivity contribution in [1.29, 1.82) is 0 Å². The molecule has 0 unspecified atom stereocenters. The van der Waals surface area contributed by atoms with Gasteiger partial charge in [-0.15, -0.1) is 0 Å². The summed E-state index contributed by atoms with van der Waals surface area (Å²) in [5.41, 5.74) is 0. The molecule has 0 aromatic carbocycles. The Kier molecular flexibility index (Phi) is 34.8. The van der Waals surface area contributed by atoms with Crippen LogP contribution in [0, 0.1) is 0 Å². The number of aliphatic hydroxyl groups excluding tert-OH is 4. The van der Waals surface area contributed by atoms with Crippen molar-refractivity contribution in [3.8, 4) is 0 Å². The van der Waals surface area contributed by atoms with Crippen LogP contribution >= 0.6 is 0 Å². The third-order valence-electron chi connectivity index (χ3n) is 11.0. The van der Waals surface area contributed by atoms with Crippen LogP contribution < -0.4 is 0 Å². The quantitative estimate of drug-likeness (QED) is 0.0350. The molecule has 55 heavy (non-hydrogen) atoms. The average molecular weight is 787 g/mol. The van der Waals surface area contributed by atoms with Crippen molar-refractivity contribution < 1.29 is 49.0 Å². The molecule has 0 bridgehead atoms. The maximum atomic E-state index is 12.8. The van der Waals surface area contributed by atoms with Gasteiger partial charge in [0, 0.05) is 12.8 Å². The molecular formula is C45H86O10. The Balaban J connectivity index is 2.30. The monoisotopic (exact) mass is 787 g/mol. The standard InChI is InChI=1S/C45H86O10/c1-3-5-7-9-11-13-15-17-19-21-23-25-27-29-31-33-40(47)52-36-38(37-53-45-44(51)43(50)42(49)39(35-46)55-45)54-41(48)34-32-30-28-26-24-22-20-18-16-14-12-10-8-6-4-2/h38-39,42-46,49-51H,3-37H2,1-2H3/t38-,39+,42+,43+,44-,45-/m1/s1. The Bertz CT molecular complexity index is 871. The minimum atomic E-state index is -1.59. The molecular weight excluding hydrogens is 700 g/mol. The van der Waals surface area contributed by atoms with Gasteiger partial charge in [0.05, 0.1) is 13.2 Å². The predicted molar refractivity (Wildman–Crippen MR) is 220 cm³/mol. The fourth-order valence-corrected chi connectivity index (χ4v) is 7.31. The van der Waals surface area contributed by atoms with E-state index in [-0.39, 0.29) is 32.0 Å². The summed E-state index contributed by atoms with van der Waals surface area (Å²) in [7, 11) is 0. The Labute approximate surface area is 336 Å². The number of hydrogen-bond donors (Lipinski definition) is 4. The summed E-state index contributed by atoms with van der Waals surface area (Å²) in [6, 6.07) is 0. The summed E-state index contributed by atoms with van der Waals surface area (Å²) in [6.45, 7) is 3.46. The summed E-state index contributed by atoms with van der Waals surface area (Å²) in [4.78, 5) is 25.3. The minimum absolute atomic E-state index is 0.209. The summed E-state index contributed by atoms with van der Waals surface area (Å²) in [5.74, 6) is -0.790. The molecule has 1 fully saturated rings. The maximum Gasteiger partial charge on any atom is 0.306 e. The number of carbonyl (C=O) groups is 2. The lowest BCUT2D eigenvalue weighted by molar-refractivity contribution is -0.305. The number of hydrogen-bond acceptors (Lipinski definition) is 10. The number of unbranched alkanes of at least 4 members (excludes halogenated alkanes) is 28. The first kappa shape index (κ1) is 51.7. The molecule has 1 aliphatic heterocycles. The number of carbonyl (C=O) groups excluding carboxylic acids is 2. The van der Waals surface area contributed by atoms with Crippen LogP contribution in [0.15, 0.2) is 0 Å². The minimum Gasteiger partial charge on any atom is -0.462 e. The van der Waals surface area contributed by atoms with Crippen LogP contribution in [0.1, 0.15) is 219 Å². The van der Waals surface area contributed by atoms with Gasteiger partial charge in [-0.3, -0.25) is 9.59 Å². The van der Waals surface area contributed by atoms with E-state index in [1.807, 2.05) is 0 Å². The van der Waals surface area contributed by atoms with E-state index in [2.05, 4.69) is 13.8 Å². The van der Waals surface area contributed by atoms with Crippen LogP contribution in [0.4, 0.5) is 0 Å². The van der Waals surface area contributed by atoms with E-state index in [0.717, 1.165) is 38.5 Å². The zero-order valence-electron chi connectivity index (χ0n) is 35.5. The van der Waals surface area contributed by atoms with Crippen LogP contribution in [-0.2, 0) is 28.5 Å². The molecule has 0 saturated carbocycles. The Morgan fingerprint density at radius 2 is 0.855 bits per heavy atom. The van der Waals surface area contributed by atoms with Crippen LogP contribution in [-0.4, -0.2) is 89.0 Å². The van der Waals surface area contributed by atoms with Crippen molar-refractivity contribution in [2.24, 2.45) is 0 Å².